The molecule has 0 saturated carbocycles. The van der Waals surface area contributed by atoms with Gasteiger partial charge in [0.2, 0.25) is 0 Å². The molecule has 1 aromatic carbocycles. The van der Waals surface area contributed by atoms with Crippen LogP contribution in [0.25, 0.3) is 11.0 Å². The Hall–Kier alpha value is -1.61. The number of hydrogen-bond donors (Lipinski definition) is 1. The fourth-order valence-electron chi connectivity index (χ4n) is 2.10. The molecule has 0 aliphatic rings. The van der Waals surface area contributed by atoms with Gasteiger partial charge in [-0.05, 0) is 30.7 Å². The predicted molar refractivity (Wildman–Crippen MR) is 72.1 cm³/mol. The van der Waals surface area contributed by atoms with Crippen molar-refractivity contribution in [2.75, 3.05) is 6.54 Å². The van der Waals surface area contributed by atoms with Crippen molar-refractivity contribution in [3.63, 3.8) is 0 Å². The van der Waals surface area contributed by atoms with Crippen molar-refractivity contribution in [1.82, 2.24) is 9.55 Å². The number of nitrogens with two attached hydrogens (primary N) is 1. The van der Waals surface area contributed by atoms with Gasteiger partial charge in [-0.3, -0.25) is 0 Å². The van der Waals surface area contributed by atoms with E-state index in [-0.39, 0.29) is 0 Å². The summed E-state index contributed by atoms with van der Waals surface area (Å²) >= 11 is 0. The molecule has 0 unspecified atom stereocenters. The zero-order valence-electron chi connectivity index (χ0n) is 10.3. The molecule has 2 N–H and O–H groups in total. The van der Waals surface area contributed by atoms with Crippen molar-refractivity contribution in [3.05, 3.63) is 42.2 Å². The van der Waals surface area contributed by atoms with Crippen LogP contribution in [-0.4, -0.2) is 16.1 Å². The summed E-state index contributed by atoms with van der Waals surface area (Å²) in [4.78, 5) is 4.66. The predicted octanol–water partition coefficient (Wildman–Crippen LogP) is 2.29. The fourth-order valence-corrected chi connectivity index (χ4v) is 2.10. The van der Waals surface area contributed by atoms with Gasteiger partial charge < -0.3 is 10.3 Å². The van der Waals surface area contributed by atoms with Crippen molar-refractivity contribution >= 4 is 11.0 Å². The summed E-state index contributed by atoms with van der Waals surface area (Å²) in [6.07, 6.45) is 3.75. The summed E-state index contributed by atoms with van der Waals surface area (Å²) in [7, 11) is 0. The summed E-state index contributed by atoms with van der Waals surface area (Å²) in [5, 5.41) is 0. The maximum Gasteiger partial charge on any atom is 0.111 e. The van der Waals surface area contributed by atoms with E-state index >= 15 is 0 Å². The average molecular weight is 229 g/mol. The first-order valence-electron chi connectivity index (χ1n) is 6.09. The van der Waals surface area contributed by atoms with Crippen molar-refractivity contribution in [2.45, 2.75) is 26.3 Å². The first kappa shape index (κ1) is 11.9. The van der Waals surface area contributed by atoms with Gasteiger partial charge >= 0.3 is 0 Å². The highest BCUT2D eigenvalue weighted by molar-refractivity contribution is 5.77. The third-order valence-electron chi connectivity index (χ3n) is 2.98. The largest absolute Gasteiger partial charge is 0.330 e. The maximum absolute atomic E-state index is 5.62. The number of benzene rings is 1. The van der Waals surface area contributed by atoms with Crippen LogP contribution in [0.15, 0.2) is 30.9 Å². The Balaban J connectivity index is 2.56. The number of allylic oxidation sites excluding steroid dienone is 1. The molecule has 0 saturated heterocycles. The van der Waals surface area contributed by atoms with Gasteiger partial charge in [-0.2, -0.15) is 0 Å². The molecule has 0 bridgehead atoms. The summed E-state index contributed by atoms with van der Waals surface area (Å²) in [6, 6.07) is 6.47. The summed E-state index contributed by atoms with van der Waals surface area (Å²) in [6.45, 7) is 7.37. The molecule has 0 aliphatic carbocycles. The SMILES string of the molecule is C=CCn1c(CCN)nc2cc(CC)ccc21. The Morgan fingerprint density at radius 2 is 2.29 bits per heavy atom. The van der Waals surface area contributed by atoms with Crippen molar-refractivity contribution in [2.24, 2.45) is 5.73 Å². The Bertz CT molecular complexity index is 525. The molecule has 0 atom stereocenters. The number of fused-ring (bicyclic) bond motifs is 1. The van der Waals surface area contributed by atoms with Crippen LogP contribution < -0.4 is 5.73 Å². The van der Waals surface area contributed by atoms with E-state index in [1.54, 1.807) is 0 Å². The van der Waals surface area contributed by atoms with Gasteiger partial charge in [0.15, 0.2) is 0 Å². The molecule has 0 radical (unpaired) electrons. The second-order valence-electron chi connectivity index (χ2n) is 4.14. The summed E-state index contributed by atoms with van der Waals surface area (Å²) in [5.41, 5.74) is 9.18. The lowest BCUT2D eigenvalue weighted by Gasteiger charge is -2.05. The van der Waals surface area contributed by atoms with E-state index in [1.165, 1.54) is 11.1 Å². The molecule has 1 heterocycles. The Morgan fingerprint density at radius 1 is 1.47 bits per heavy atom. The Kier molecular flexibility index (Phi) is 3.59. The zero-order chi connectivity index (χ0) is 12.3. The van der Waals surface area contributed by atoms with E-state index in [0.29, 0.717) is 6.54 Å². The second kappa shape index (κ2) is 5.15. The highest BCUT2D eigenvalue weighted by atomic mass is 15.1. The van der Waals surface area contributed by atoms with Crippen LogP contribution in [0.4, 0.5) is 0 Å². The minimum Gasteiger partial charge on any atom is -0.330 e. The van der Waals surface area contributed by atoms with Gasteiger partial charge in [-0.15, -0.1) is 6.58 Å². The van der Waals surface area contributed by atoms with E-state index in [9.17, 15) is 0 Å². The average Bonchev–Trinajstić information content (AvgIpc) is 2.68. The molecular formula is C14H19N3. The van der Waals surface area contributed by atoms with Crippen LogP contribution in [0, 0.1) is 0 Å². The van der Waals surface area contributed by atoms with Gasteiger partial charge in [-0.1, -0.05) is 19.1 Å². The minimum absolute atomic E-state index is 0.626. The highest BCUT2D eigenvalue weighted by Crippen LogP contribution is 2.18. The van der Waals surface area contributed by atoms with Crippen LogP contribution in [0.3, 0.4) is 0 Å². The second-order valence-corrected chi connectivity index (χ2v) is 4.14. The van der Waals surface area contributed by atoms with E-state index in [0.717, 1.165) is 30.7 Å². The molecule has 0 spiro atoms. The summed E-state index contributed by atoms with van der Waals surface area (Å²) in [5.74, 6) is 1.05. The Labute approximate surface area is 102 Å². The van der Waals surface area contributed by atoms with Crippen LogP contribution >= 0.6 is 0 Å². The fraction of sp³-hybridized carbons (Fsp3) is 0.357. The number of aromatic nitrogens is 2. The molecule has 2 rings (SSSR count). The molecule has 1 aromatic heterocycles. The molecule has 3 nitrogen and oxygen atoms in total. The number of imidazole rings is 1. The molecule has 0 fully saturated rings. The van der Waals surface area contributed by atoms with Crippen LogP contribution in [0.2, 0.25) is 0 Å². The number of nitrogens with zero attached hydrogens (tertiary/aromatic N) is 2. The molecule has 0 aliphatic heterocycles. The highest BCUT2D eigenvalue weighted by Gasteiger charge is 2.09. The van der Waals surface area contributed by atoms with Gasteiger partial charge in [0.05, 0.1) is 11.0 Å². The van der Waals surface area contributed by atoms with E-state index in [1.807, 2.05) is 6.08 Å². The lowest BCUT2D eigenvalue weighted by atomic mass is 10.1. The number of hydrogen-bond acceptors (Lipinski definition) is 2. The smallest absolute Gasteiger partial charge is 0.111 e. The van der Waals surface area contributed by atoms with Gasteiger partial charge in [-0.25, -0.2) is 4.98 Å². The van der Waals surface area contributed by atoms with Gasteiger partial charge in [0.25, 0.3) is 0 Å². The number of rotatable bonds is 5. The monoisotopic (exact) mass is 229 g/mol. The van der Waals surface area contributed by atoms with Gasteiger partial charge in [0.1, 0.15) is 5.82 Å². The van der Waals surface area contributed by atoms with Crippen LogP contribution in [0.5, 0.6) is 0 Å². The normalized spacial score (nSPS) is 10.9. The summed E-state index contributed by atoms with van der Waals surface area (Å²) < 4.78 is 2.19. The minimum atomic E-state index is 0.626. The van der Waals surface area contributed by atoms with Crippen molar-refractivity contribution < 1.29 is 0 Å². The quantitative estimate of drug-likeness (QED) is 0.799. The number of aryl methyl sites for hydroxylation is 1. The standard InChI is InChI=1S/C14H19N3/c1-3-9-17-13-6-5-11(4-2)10-12(13)16-14(17)7-8-15/h3,5-6,10H,1,4,7-9,15H2,2H3. The lowest BCUT2D eigenvalue weighted by molar-refractivity contribution is 0.748. The Morgan fingerprint density at radius 3 is 2.94 bits per heavy atom. The van der Waals surface area contributed by atoms with E-state index in [4.69, 9.17) is 5.73 Å². The van der Waals surface area contributed by atoms with E-state index in [2.05, 4.69) is 41.3 Å². The zero-order valence-corrected chi connectivity index (χ0v) is 10.3. The van der Waals surface area contributed by atoms with Crippen molar-refractivity contribution in [1.29, 1.82) is 0 Å². The van der Waals surface area contributed by atoms with Gasteiger partial charge in [0, 0.05) is 13.0 Å². The topological polar surface area (TPSA) is 43.8 Å². The molecule has 2 aromatic rings. The molecule has 3 heteroatoms. The maximum atomic E-state index is 5.62. The third kappa shape index (κ3) is 2.24. The van der Waals surface area contributed by atoms with Crippen LogP contribution in [0.1, 0.15) is 18.3 Å². The first-order valence-corrected chi connectivity index (χ1v) is 6.09. The van der Waals surface area contributed by atoms with Crippen molar-refractivity contribution in [3.8, 4) is 0 Å². The lowest BCUT2D eigenvalue weighted by Crippen LogP contribution is -2.09. The molecular weight excluding hydrogens is 210 g/mol. The first-order chi connectivity index (χ1) is 8.30. The molecule has 17 heavy (non-hydrogen) atoms. The van der Waals surface area contributed by atoms with E-state index < -0.39 is 0 Å². The van der Waals surface area contributed by atoms with Crippen LogP contribution in [-0.2, 0) is 19.4 Å². The molecule has 90 valence electrons. The molecule has 0 amide bonds. The third-order valence-corrected chi connectivity index (χ3v) is 2.98.